The van der Waals surface area contributed by atoms with Crippen molar-refractivity contribution >= 4 is 5.78 Å². The van der Waals surface area contributed by atoms with E-state index >= 15 is 0 Å². The van der Waals surface area contributed by atoms with Gasteiger partial charge in [0.1, 0.15) is 5.78 Å². The number of ketones is 1. The van der Waals surface area contributed by atoms with Gasteiger partial charge in [-0.05, 0) is 25.7 Å². The van der Waals surface area contributed by atoms with Crippen molar-refractivity contribution in [1.29, 1.82) is 0 Å². The van der Waals surface area contributed by atoms with Crippen molar-refractivity contribution in [3.05, 3.63) is 0 Å². The molecule has 1 aliphatic rings. The van der Waals surface area contributed by atoms with E-state index in [1.54, 1.807) is 14.2 Å². The van der Waals surface area contributed by atoms with Crippen molar-refractivity contribution in [2.45, 2.75) is 58.0 Å². The molecular weight excluding hydrogens is 220 g/mol. The van der Waals surface area contributed by atoms with Gasteiger partial charge in [-0.15, -0.1) is 0 Å². The van der Waals surface area contributed by atoms with E-state index in [0.717, 1.165) is 25.7 Å². The molecule has 0 aromatic carbocycles. The van der Waals surface area contributed by atoms with Gasteiger partial charge in [0.05, 0.1) is 0 Å². The Labute approximate surface area is 104 Å². The first-order valence-electron chi connectivity index (χ1n) is 6.44. The molecule has 3 unspecified atom stereocenters. The third-order valence-electron chi connectivity index (χ3n) is 3.26. The predicted molar refractivity (Wildman–Crippen MR) is 64.6 cm³/mol. The molecule has 4 heteroatoms. The van der Waals surface area contributed by atoms with Crippen LogP contribution in [0.4, 0.5) is 0 Å². The van der Waals surface area contributed by atoms with Crippen molar-refractivity contribution in [3.63, 3.8) is 0 Å². The topological polar surface area (TPSA) is 44.8 Å². The second kappa shape index (κ2) is 7.80. The molecule has 1 fully saturated rings. The fraction of sp³-hybridized carbons (Fsp3) is 0.923. The Kier molecular flexibility index (Phi) is 6.70. The van der Waals surface area contributed by atoms with Crippen LogP contribution in [0.15, 0.2) is 0 Å². The van der Waals surface area contributed by atoms with Crippen LogP contribution in [0.25, 0.3) is 0 Å². The number of rotatable bonds is 7. The smallest absolute Gasteiger partial charge is 0.163 e. The van der Waals surface area contributed by atoms with Crippen LogP contribution in [0.3, 0.4) is 0 Å². The van der Waals surface area contributed by atoms with Crippen LogP contribution >= 0.6 is 0 Å². The Balaban J connectivity index is 2.34. The van der Waals surface area contributed by atoms with Crippen molar-refractivity contribution in [2.24, 2.45) is 5.92 Å². The van der Waals surface area contributed by atoms with Gasteiger partial charge in [0.25, 0.3) is 0 Å². The predicted octanol–water partition coefficient (Wildman–Crippen LogP) is 2.51. The lowest BCUT2D eigenvalue weighted by Gasteiger charge is -2.34. The summed E-state index contributed by atoms with van der Waals surface area (Å²) in [5, 5.41) is 0. The van der Waals surface area contributed by atoms with E-state index in [1.807, 2.05) is 6.92 Å². The maximum Gasteiger partial charge on any atom is 0.163 e. The largest absolute Gasteiger partial charge is 0.356 e. The molecule has 3 atom stereocenters. The molecule has 1 saturated heterocycles. The van der Waals surface area contributed by atoms with Gasteiger partial charge in [-0.2, -0.15) is 0 Å². The standard InChI is InChI=1S/C13H24O4/c1-4-5-11(14)8-6-10-7-9-12(15-2)17-13(10)16-3/h10,12-13H,4-9H2,1-3H3. The van der Waals surface area contributed by atoms with E-state index in [4.69, 9.17) is 14.2 Å². The quantitative estimate of drug-likeness (QED) is 0.690. The fourth-order valence-electron chi connectivity index (χ4n) is 2.27. The van der Waals surface area contributed by atoms with E-state index in [-0.39, 0.29) is 12.6 Å². The molecule has 1 aliphatic heterocycles. The first-order valence-corrected chi connectivity index (χ1v) is 6.44. The van der Waals surface area contributed by atoms with Crippen LogP contribution in [0, 0.1) is 5.92 Å². The van der Waals surface area contributed by atoms with Gasteiger partial charge in [-0.1, -0.05) is 6.92 Å². The number of ether oxygens (including phenoxy) is 3. The Morgan fingerprint density at radius 3 is 2.59 bits per heavy atom. The molecule has 0 saturated carbocycles. The van der Waals surface area contributed by atoms with Crippen LogP contribution in [0.1, 0.15) is 45.4 Å². The van der Waals surface area contributed by atoms with Crippen LogP contribution in [0.2, 0.25) is 0 Å². The van der Waals surface area contributed by atoms with Crippen LogP contribution in [-0.2, 0) is 19.0 Å². The molecule has 1 rings (SSSR count). The SMILES string of the molecule is CCCC(=O)CCC1CCC(OC)OC1OC. The van der Waals surface area contributed by atoms with E-state index in [1.165, 1.54) is 0 Å². The summed E-state index contributed by atoms with van der Waals surface area (Å²) < 4.78 is 16.1. The second-order valence-corrected chi connectivity index (χ2v) is 4.57. The minimum Gasteiger partial charge on any atom is -0.356 e. The summed E-state index contributed by atoms with van der Waals surface area (Å²) in [6.07, 6.45) is 4.59. The fourth-order valence-corrected chi connectivity index (χ4v) is 2.27. The van der Waals surface area contributed by atoms with Crippen molar-refractivity contribution < 1.29 is 19.0 Å². The maximum absolute atomic E-state index is 11.5. The third kappa shape index (κ3) is 4.74. The summed E-state index contributed by atoms with van der Waals surface area (Å²) in [6, 6.07) is 0. The van der Waals surface area contributed by atoms with Gasteiger partial charge in [-0.3, -0.25) is 4.79 Å². The molecular formula is C13H24O4. The first-order chi connectivity index (χ1) is 8.21. The van der Waals surface area contributed by atoms with Gasteiger partial charge < -0.3 is 14.2 Å². The number of carbonyl (C=O) groups is 1. The normalized spacial score (nSPS) is 29.2. The summed E-state index contributed by atoms with van der Waals surface area (Å²) in [5.41, 5.74) is 0. The number of hydrogen-bond donors (Lipinski definition) is 0. The van der Waals surface area contributed by atoms with E-state index < -0.39 is 0 Å². The van der Waals surface area contributed by atoms with Crippen LogP contribution < -0.4 is 0 Å². The van der Waals surface area contributed by atoms with Crippen LogP contribution in [0.5, 0.6) is 0 Å². The van der Waals surface area contributed by atoms with Gasteiger partial charge in [0.2, 0.25) is 0 Å². The lowest BCUT2D eigenvalue weighted by molar-refractivity contribution is -0.273. The number of Topliss-reactive ketones (excluding diaryl/α,β-unsaturated/α-hetero) is 1. The molecule has 17 heavy (non-hydrogen) atoms. The molecule has 100 valence electrons. The second-order valence-electron chi connectivity index (χ2n) is 4.57. The highest BCUT2D eigenvalue weighted by molar-refractivity contribution is 5.78. The Morgan fingerprint density at radius 2 is 2.00 bits per heavy atom. The van der Waals surface area contributed by atoms with Gasteiger partial charge in [0, 0.05) is 33.0 Å². The molecule has 0 radical (unpaired) electrons. The Hall–Kier alpha value is -0.450. The highest BCUT2D eigenvalue weighted by Crippen LogP contribution is 2.29. The number of methoxy groups -OCH3 is 2. The molecule has 0 aromatic rings. The number of hydrogen-bond acceptors (Lipinski definition) is 4. The zero-order valence-electron chi connectivity index (χ0n) is 11.1. The summed E-state index contributed by atoms with van der Waals surface area (Å²) in [5.74, 6) is 0.656. The Morgan fingerprint density at radius 1 is 1.24 bits per heavy atom. The molecule has 0 N–H and O–H groups in total. The van der Waals surface area contributed by atoms with E-state index in [0.29, 0.717) is 24.5 Å². The van der Waals surface area contributed by atoms with E-state index in [9.17, 15) is 4.79 Å². The van der Waals surface area contributed by atoms with Gasteiger partial charge >= 0.3 is 0 Å². The minimum absolute atomic E-state index is 0.164. The van der Waals surface area contributed by atoms with E-state index in [2.05, 4.69) is 0 Å². The summed E-state index contributed by atoms with van der Waals surface area (Å²) in [6.45, 7) is 2.03. The average molecular weight is 244 g/mol. The zero-order chi connectivity index (χ0) is 12.7. The van der Waals surface area contributed by atoms with Crippen molar-refractivity contribution in [3.8, 4) is 0 Å². The number of carbonyl (C=O) groups excluding carboxylic acids is 1. The average Bonchev–Trinajstić information content (AvgIpc) is 2.36. The third-order valence-corrected chi connectivity index (χ3v) is 3.26. The van der Waals surface area contributed by atoms with Crippen LogP contribution in [-0.4, -0.2) is 32.6 Å². The van der Waals surface area contributed by atoms with Crippen molar-refractivity contribution in [1.82, 2.24) is 0 Å². The van der Waals surface area contributed by atoms with Gasteiger partial charge in [0.15, 0.2) is 12.6 Å². The molecule has 0 aromatic heterocycles. The molecule has 0 bridgehead atoms. The zero-order valence-corrected chi connectivity index (χ0v) is 11.1. The van der Waals surface area contributed by atoms with Gasteiger partial charge in [-0.25, -0.2) is 0 Å². The Bertz CT molecular complexity index is 229. The minimum atomic E-state index is -0.233. The molecule has 0 spiro atoms. The summed E-state index contributed by atoms with van der Waals surface area (Å²) in [4.78, 5) is 11.5. The molecule has 0 amide bonds. The maximum atomic E-state index is 11.5. The first kappa shape index (κ1) is 14.6. The highest BCUT2D eigenvalue weighted by Gasteiger charge is 2.31. The lowest BCUT2D eigenvalue weighted by Crippen LogP contribution is -2.37. The summed E-state index contributed by atoms with van der Waals surface area (Å²) in [7, 11) is 3.28. The highest BCUT2D eigenvalue weighted by atomic mass is 16.8. The molecule has 1 heterocycles. The molecule has 0 aliphatic carbocycles. The lowest BCUT2D eigenvalue weighted by atomic mass is 9.93. The van der Waals surface area contributed by atoms with Crippen molar-refractivity contribution in [2.75, 3.05) is 14.2 Å². The molecule has 4 nitrogen and oxygen atoms in total. The summed E-state index contributed by atoms with van der Waals surface area (Å²) >= 11 is 0. The monoisotopic (exact) mass is 244 g/mol.